The SMILES string of the molecule is Cc1cc(C)cc(-n2cc(CBr)nn2)c1. The highest BCUT2D eigenvalue weighted by atomic mass is 79.9. The van der Waals surface area contributed by atoms with Crippen molar-refractivity contribution in [2.24, 2.45) is 0 Å². The molecule has 0 bridgehead atoms. The lowest BCUT2D eigenvalue weighted by molar-refractivity contribution is 0.799. The fraction of sp³-hybridized carbons (Fsp3) is 0.273. The van der Waals surface area contributed by atoms with Gasteiger partial charge in [-0.3, -0.25) is 0 Å². The lowest BCUT2D eigenvalue weighted by Gasteiger charge is -2.03. The first-order valence-electron chi connectivity index (χ1n) is 4.75. The van der Waals surface area contributed by atoms with Crippen molar-refractivity contribution in [3.05, 3.63) is 41.2 Å². The maximum Gasteiger partial charge on any atom is 0.0937 e. The average molecular weight is 266 g/mol. The van der Waals surface area contributed by atoms with E-state index in [1.807, 2.05) is 6.20 Å². The summed E-state index contributed by atoms with van der Waals surface area (Å²) in [5, 5.41) is 8.85. The fourth-order valence-corrected chi connectivity index (χ4v) is 1.83. The minimum atomic E-state index is 0.734. The summed E-state index contributed by atoms with van der Waals surface area (Å²) in [5.74, 6) is 0. The van der Waals surface area contributed by atoms with Crippen molar-refractivity contribution in [3.63, 3.8) is 0 Å². The van der Waals surface area contributed by atoms with E-state index in [0.717, 1.165) is 16.7 Å². The summed E-state index contributed by atoms with van der Waals surface area (Å²) < 4.78 is 1.80. The normalized spacial score (nSPS) is 10.6. The molecular weight excluding hydrogens is 254 g/mol. The fourth-order valence-electron chi connectivity index (χ4n) is 1.57. The predicted molar refractivity (Wildman–Crippen MR) is 63.5 cm³/mol. The molecule has 2 aromatic rings. The molecule has 0 aliphatic rings. The average Bonchev–Trinajstić information content (AvgIpc) is 2.64. The molecule has 15 heavy (non-hydrogen) atoms. The van der Waals surface area contributed by atoms with Gasteiger partial charge < -0.3 is 0 Å². The van der Waals surface area contributed by atoms with Crippen molar-refractivity contribution in [2.45, 2.75) is 19.2 Å². The van der Waals surface area contributed by atoms with Crippen molar-refractivity contribution in [2.75, 3.05) is 0 Å². The van der Waals surface area contributed by atoms with E-state index >= 15 is 0 Å². The minimum absolute atomic E-state index is 0.734. The molecule has 0 radical (unpaired) electrons. The van der Waals surface area contributed by atoms with Crippen LogP contribution in [-0.2, 0) is 5.33 Å². The van der Waals surface area contributed by atoms with Gasteiger partial charge in [0.05, 0.1) is 17.6 Å². The second kappa shape index (κ2) is 4.14. The van der Waals surface area contributed by atoms with Crippen LogP contribution in [0.15, 0.2) is 24.4 Å². The van der Waals surface area contributed by atoms with Crippen LogP contribution >= 0.6 is 15.9 Å². The van der Waals surface area contributed by atoms with Gasteiger partial charge in [0.1, 0.15) is 0 Å². The standard InChI is InChI=1S/C11H12BrN3/c1-8-3-9(2)5-11(4-8)15-7-10(6-12)13-14-15/h3-5,7H,6H2,1-2H3. The van der Waals surface area contributed by atoms with Crippen LogP contribution in [0, 0.1) is 13.8 Å². The van der Waals surface area contributed by atoms with Gasteiger partial charge in [0.2, 0.25) is 0 Å². The molecule has 0 N–H and O–H groups in total. The van der Waals surface area contributed by atoms with E-state index in [1.54, 1.807) is 4.68 Å². The van der Waals surface area contributed by atoms with E-state index in [9.17, 15) is 0 Å². The maximum atomic E-state index is 4.08. The number of aryl methyl sites for hydroxylation is 2. The zero-order valence-electron chi connectivity index (χ0n) is 8.74. The van der Waals surface area contributed by atoms with Crippen LogP contribution in [0.1, 0.15) is 16.8 Å². The van der Waals surface area contributed by atoms with Crippen LogP contribution in [-0.4, -0.2) is 15.0 Å². The highest BCUT2D eigenvalue weighted by Gasteiger charge is 2.02. The van der Waals surface area contributed by atoms with Gasteiger partial charge in [0.25, 0.3) is 0 Å². The van der Waals surface area contributed by atoms with Crippen molar-refractivity contribution >= 4 is 15.9 Å². The van der Waals surface area contributed by atoms with Crippen LogP contribution < -0.4 is 0 Å². The number of halogens is 1. The summed E-state index contributed by atoms with van der Waals surface area (Å²) in [7, 11) is 0. The quantitative estimate of drug-likeness (QED) is 0.782. The zero-order chi connectivity index (χ0) is 10.8. The summed E-state index contributed by atoms with van der Waals surface area (Å²) >= 11 is 3.36. The molecule has 0 aliphatic heterocycles. The minimum Gasteiger partial charge on any atom is -0.220 e. The highest BCUT2D eigenvalue weighted by molar-refractivity contribution is 9.08. The predicted octanol–water partition coefficient (Wildman–Crippen LogP) is 2.78. The van der Waals surface area contributed by atoms with E-state index in [-0.39, 0.29) is 0 Å². The summed E-state index contributed by atoms with van der Waals surface area (Å²) in [4.78, 5) is 0. The third kappa shape index (κ3) is 2.26. The first-order valence-corrected chi connectivity index (χ1v) is 5.87. The number of aromatic nitrogens is 3. The molecule has 0 unspecified atom stereocenters. The third-order valence-corrected chi connectivity index (χ3v) is 2.72. The van der Waals surface area contributed by atoms with Crippen LogP contribution in [0.4, 0.5) is 0 Å². The molecule has 0 aliphatic carbocycles. The first-order chi connectivity index (χ1) is 7.19. The summed E-state index contributed by atoms with van der Waals surface area (Å²) in [6, 6.07) is 6.34. The Hall–Kier alpha value is -1.16. The van der Waals surface area contributed by atoms with E-state index in [1.165, 1.54) is 11.1 Å². The molecule has 4 heteroatoms. The molecule has 0 atom stereocenters. The Labute approximate surface area is 97.2 Å². The molecule has 1 heterocycles. The van der Waals surface area contributed by atoms with Crippen molar-refractivity contribution in [1.29, 1.82) is 0 Å². The van der Waals surface area contributed by atoms with Gasteiger partial charge in [0, 0.05) is 5.33 Å². The molecular formula is C11H12BrN3. The smallest absolute Gasteiger partial charge is 0.0937 e. The molecule has 0 saturated heterocycles. The molecule has 1 aromatic heterocycles. The van der Waals surface area contributed by atoms with Gasteiger partial charge in [0.15, 0.2) is 0 Å². The van der Waals surface area contributed by atoms with Crippen molar-refractivity contribution in [1.82, 2.24) is 15.0 Å². The molecule has 1 aromatic carbocycles. The molecule has 0 amide bonds. The van der Waals surface area contributed by atoms with E-state index in [2.05, 4.69) is 58.3 Å². The highest BCUT2D eigenvalue weighted by Crippen LogP contribution is 2.13. The molecule has 0 spiro atoms. The van der Waals surface area contributed by atoms with Crippen LogP contribution in [0.5, 0.6) is 0 Å². The summed E-state index contributed by atoms with van der Waals surface area (Å²) in [6.45, 7) is 4.16. The van der Waals surface area contributed by atoms with E-state index in [4.69, 9.17) is 0 Å². The van der Waals surface area contributed by atoms with Gasteiger partial charge in [-0.15, -0.1) is 5.10 Å². The Bertz CT molecular complexity index is 456. The molecule has 0 fully saturated rings. The lowest BCUT2D eigenvalue weighted by atomic mass is 10.1. The maximum absolute atomic E-state index is 4.08. The van der Waals surface area contributed by atoms with Crippen LogP contribution in [0.3, 0.4) is 0 Å². The van der Waals surface area contributed by atoms with Crippen LogP contribution in [0.25, 0.3) is 5.69 Å². The Morgan fingerprint density at radius 1 is 1.20 bits per heavy atom. The van der Waals surface area contributed by atoms with Gasteiger partial charge in [-0.25, -0.2) is 4.68 Å². The number of benzene rings is 1. The number of nitrogens with zero attached hydrogens (tertiary/aromatic N) is 3. The Kier molecular flexibility index (Phi) is 2.86. The molecule has 0 saturated carbocycles. The second-order valence-corrected chi connectivity index (χ2v) is 4.19. The number of rotatable bonds is 2. The van der Waals surface area contributed by atoms with Crippen molar-refractivity contribution < 1.29 is 0 Å². The number of hydrogen-bond acceptors (Lipinski definition) is 2. The second-order valence-electron chi connectivity index (χ2n) is 3.63. The molecule has 2 rings (SSSR count). The van der Waals surface area contributed by atoms with Crippen molar-refractivity contribution in [3.8, 4) is 5.69 Å². The van der Waals surface area contributed by atoms with Crippen LogP contribution in [0.2, 0.25) is 0 Å². The zero-order valence-corrected chi connectivity index (χ0v) is 10.3. The molecule has 3 nitrogen and oxygen atoms in total. The summed E-state index contributed by atoms with van der Waals surface area (Å²) in [5.41, 5.74) is 4.48. The van der Waals surface area contributed by atoms with E-state index < -0.39 is 0 Å². The largest absolute Gasteiger partial charge is 0.220 e. The topological polar surface area (TPSA) is 30.7 Å². The van der Waals surface area contributed by atoms with Gasteiger partial charge in [-0.2, -0.15) is 0 Å². The monoisotopic (exact) mass is 265 g/mol. The van der Waals surface area contributed by atoms with Gasteiger partial charge >= 0.3 is 0 Å². The van der Waals surface area contributed by atoms with E-state index in [0.29, 0.717) is 0 Å². The summed E-state index contributed by atoms with van der Waals surface area (Å²) in [6.07, 6.45) is 1.93. The Morgan fingerprint density at radius 3 is 2.40 bits per heavy atom. The molecule has 78 valence electrons. The Morgan fingerprint density at radius 2 is 1.87 bits per heavy atom. The first kappa shape index (κ1) is 10.4. The lowest BCUT2D eigenvalue weighted by Crippen LogP contribution is -1.96. The number of hydrogen-bond donors (Lipinski definition) is 0. The number of alkyl halides is 1. The Balaban J connectivity index is 2.44. The third-order valence-electron chi connectivity index (χ3n) is 2.15. The van der Waals surface area contributed by atoms with Gasteiger partial charge in [-0.1, -0.05) is 27.2 Å². The van der Waals surface area contributed by atoms with Gasteiger partial charge in [-0.05, 0) is 37.1 Å².